The van der Waals surface area contributed by atoms with Gasteiger partial charge < -0.3 is 5.48 Å². The van der Waals surface area contributed by atoms with E-state index in [2.05, 4.69) is 13.5 Å². The highest BCUT2D eigenvalue weighted by atomic mass is 16.0. The maximum atomic E-state index is 3.36. The fraction of sp³-hybridized carbons (Fsp3) is 0.800. The smallest absolute Gasteiger partial charge is 0.0443 e. The monoisotopic (exact) mass is 158 g/mol. The molecular weight excluding hydrogens is 136 g/mol. The van der Waals surface area contributed by atoms with Crippen LogP contribution in [-0.4, -0.2) is 5.48 Å². The molecule has 1 aliphatic carbocycles. The van der Waals surface area contributed by atoms with Gasteiger partial charge in [-0.1, -0.05) is 45.1 Å². The predicted molar refractivity (Wildman–Crippen MR) is 51.7 cm³/mol. The Morgan fingerprint density at radius 3 is 1.73 bits per heavy atom. The second kappa shape index (κ2) is 9.70. The van der Waals surface area contributed by atoms with Gasteiger partial charge in [0.05, 0.1) is 0 Å². The first kappa shape index (κ1) is 13.3. The van der Waals surface area contributed by atoms with Crippen LogP contribution in [0.1, 0.15) is 46.0 Å². The Labute approximate surface area is 70.8 Å². The fourth-order valence-corrected chi connectivity index (χ4v) is 1.31. The molecule has 68 valence electrons. The standard InChI is InChI=1S/C7H14.C3H6.H2O/c1-7-5-3-2-4-6-7;1-3-2;/h7H,2-6H2,1H3;3H,1H2,2H3;1H2. The van der Waals surface area contributed by atoms with Crippen LogP contribution in [0.4, 0.5) is 0 Å². The molecule has 0 aromatic rings. The van der Waals surface area contributed by atoms with Gasteiger partial charge in [-0.2, -0.15) is 0 Å². The van der Waals surface area contributed by atoms with Gasteiger partial charge in [0, 0.05) is 0 Å². The highest BCUT2D eigenvalue weighted by Crippen LogP contribution is 2.21. The summed E-state index contributed by atoms with van der Waals surface area (Å²) in [6, 6.07) is 0. The first-order chi connectivity index (χ1) is 4.81. The molecule has 0 unspecified atom stereocenters. The van der Waals surface area contributed by atoms with E-state index in [1.165, 1.54) is 32.1 Å². The van der Waals surface area contributed by atoms with E-state index in [0.29, 0.717) is 0 Å². The summed E-state index contributed by atoms with van der Waals surface area (Å²) in [6.07, 6.45) is 9.19. The molecule has 11 heavy (non-hydrogen) atoms. The van der Waals surface area contributed by atoms with Crippen molar-refractivity contribution >= 4 is 0 Å². The van der Waals surface area contributed by atoms with Crippen molar-refractivity contribution in [2.24, 2.45) is 5.92 Å². The molecule has 0 heterocycles. The normalized spacial score (nSPS) is 17.3. The van der Waals surface area contributed by atoms with E-state index in [-0.39, 0.29) is 5.48 Å². The van der Waals surface area contributed by atoms with Gasteiger partial charge in [-0.25, -0.2) is 0 Å². The average Bonchev–Trinajstić information content (AvgIpc) is 1.91. The minimum atomic E-state index is 0. The van der Waals surface area contributed by atoms with E-state index < -0.39 is 0 Å². The van der Waals surface area contributed by atoms with Gasteiger partial charge in [0.2, 0.25) is 0 Å². The van der Waals surface area contributed by atoms with Gasteiger partial charge in [-0.15, -0.1) is 6.58 Å². The van der Waals surface area contributed by atoms with Crippen LogP contribution in [0.2, 0.25) is 0 Å². The molecule has 0 aliphatic heterocycles. The summed E-state index contributed by atoms with van der Waals surface area (Å²) in [6.45, 7) is 7.61. The Bertz CT molecular complexity index is 72.9. The Hall–Kier alpha value is -0.300. The van der Waals surface area contributed by atoms with E-state index in [1.807, 2.05) is 6.92 Å². The predicted octanol–water partition coefficient (Wildman–Crippen LogP) is 2.95. The minimum absolute atomic E-state index is 0. The molecule has 1 saturated carbocycles. The molecule has 0 bridgehead atoms. The van der Waals surface area contributed by atoms with Crippen molar-refractivity contribution in [1.82, 2.24) is 0 Å². The van der Waals surface area contributed by atoms with Crippen molar-refractivity contribution in [1.29, 1.82) is 0 Å². The maximum Gasteiger partial charge on any atom is -0.0443 e. The molecule has 0 radical (unpaired) electrons. The van der Waals surface area contributed by atoms with Crippen LogP contribution in [0.25, 0.3) is 0 Å². The zero-order chi connectivity index (χ0) is 7.82. The lowest BCUT2D eigenvalue weighted by Crippen LogP contribution is -1.99. The van der Waals surface area contributed by atoms with Gasteiger partial charge in [0.15, 0.2) is 0 Å². The van der Waals surface area contributed by atoms with Gasteiger partial charge in [0.25, 0.3) is 0 Å². The van der Waals surface area contributed by atoms with Crippen LogP contribution in [-0.2, 0) is 0 Å². The van der Waals surface area contributed by atoms with Crippen molar-refractivity contribution in [2.75, 3.05) is 0 Å². The number of allylic oxidation sites excluding steroid dienone is 1. The summed E-state index contributed by atoms with van der Waals surface area (Å²) < 4.78 is 0. The first-order valence-electron chi connectivity index (χ1n) is 4.38. The molecule has 1 rings (SSSR count). The van der Waals surface area contributed by atoms with Crippen LogP contribution < -0.4 is 0 Å². The first-order valence-corrected chi connectivity index (χ1v) is 4.38. The van der Waals surface area contributed by atoms with Crippen molar-refractivity contribution < 1.29 is 5.48 Å². The van der Waals surface area contributed by atoms with Gasteiger partial charge in [-0.05, 0) is 12.8 Å². The Morgan fingerprint density at radius 1 is 1.18 bits per heavy atom. The van der Waals surface area contributed by atoms with Crippen molar-refractivity contribution in [3.8, 4) is 0 Å². The molecule has 1 fully saturated rings. The largest absolute Gasteiger partial charge is 0.412 e. The third kappa shape index (κ3) is 9.70. The Balaban J connectivity index is 0. The van der Waals surface area contributed by atoms with Crippen molar-refractivity contribution in [3.05, 3.63) is 12.7 Å². The molecular formula is C10H22O. The SMILES string of the molecule is C=CC.CC1CCCCC1.O. The quantitative estimate of drug-likeness (QED) is 0.485. The lowest BCUT2D eigenvalue weighted by Gasteiger charge is -2.15. The van der Waals surface area contributed by atoms with E-state index in [0.717, 1.165) is 5.92 Å². The average molecular weight is 158 g/mol. The number of hydrogen-bond acceptors (Lipinski definition) is 0. The second-order valence-electron chi connectivity index (χ2n) is 3.15. The molecule has 1 aliphatic rings. The molecule has 0 saturated heterocycles. The minimum Gasteiger partial charge on any atom is -0.412 e. The molecule has 0 amide bonds. The van der Waals surface area contributed by atoms with Crippen molar-refractivity contribution in [3.63, 3.8) is 0 Å². The summed E-state index contributed by atoms with van der Waals surface area (Å²) in [5, 5.41) is 0. The van der Waals surface area contributed by atoms with Gasteiger partial charge >= 0.3 is 0 Å². The van der Waals surface area contributed by atoms with Crippen LogP contribution in [0.3, 0.4) is 0 Å². The lowest BCUT2D eigenvalue weighted by molar-refractivity contribution is 0.385. The molecule has 0 atom stereocenters. The molecule has 0 aromatic carbocycles. The summed E-state index contributed by atoms with van der Waals surface area (Å²) >= 11 is 0. The lowest BCUT2D eigenvalue weighted by atomic mass is 9.91. The molecule has 0 aromatic heterocycles. The molecule has 0 spiro atoms. The van der Waals surface area contributed by atoms with Crippen molar-refractivity contribution in [2.45, 2.75) is 46.0 Å². The number of rotatable bonds is 0. The topological polar surface area (TPSA) is 31.5 Å². The van der Waals surface area contributed by atoms with Crippen LogP contribution in [0, 0.1) is 5.92 Å². The zero-order valence-electron chi connectivity index (χ0n) is 7.90. The van der Waals surface area contributed by atoms with E-state index in [4.69, 9.17) is 0 Å². The zero-order valence-corrected chi connectivity index (χ0v) is 7.90. The third-order valence-electron chi connectivity index (χ3n) is 1.89. The van der Waals surface area contributed by atoms with Crippen LogP contribution in [0.15, 0.2) is 12.7 Å². The summed E-state index contributed by atoms with van der Waals surface area (Å²) in [5.74, 6) is 1.04. The van der Waals surface area contributed by atoms with E-state index in [9.17, 15) is 0 Å². The Kier molecular flexibility index (Phi) is 11.7. The van der Waals surface area contributed by atoms with E-state index in [1.54, 1.807) is 6.08 Å². The van der Waals surface area contributed by atoms with Crippen LogP contribution in [0.5, 0.6) is 0 Å². The fourth-order valence-electron chi connectivity index (χ4n) is 1.31. The summed E-state index contributed by atoms with van der Waals surface area (Å²) in [4.78, 5) is 0. The molecule has 1 nitrogen and oxygen atoms in total. The maximum absolute atomic E-state index is 3.36. The Morgan fingerprint density at radius 2 is 1.55 bits per heavy atom. The van der Waals surface area contributed by atoms with Crippen LogP contribution >= 0.6 is 0 Å². The summed E-state index contributed by atoms with van der Waals surface area (Å²) in [5.41, 5.74) is 0. The molecule has 1 heteroatoms. The highest BCUT2D eigenvalue weighted by molar-refractivity contribution is 4.59. The summed E-state index contributed by atoms with van der Waals surface area (Å²) in [7, 11) is 0. The van der Waals surface area contributed by atoms with E-state index >= 15 is 0 Å². The van der Waals surface area contributed by atoms with Gasteiger partial charge in [0.1, 0.15) is 0 Å². The second-order valence-corrected chi connectivity index (χ2v) is 3.15. The van der Waals surface area contributed by atoms with Gasteiger partial charge in [-0.3, -0.25) is 0 Å². The number of hydrogen-bond donors (Lipinski definition) is 0. The third-order valence-corrected chi connectivity index (χ3v) is 1.89. The highest BCUT2D eigenvalue weighted by Gasteiger charge is 2.05. The molecule has 2 N–H and O–H groups in total.